The highest BCUT2D eigenvalue weighted by atomic mass is 35.5. The van der Waals surface area contributed by atoms with Crippen LogP contribution in [-0.2, 0) is 7.05 Å². The van der Waals surface area contributed by atoms with Crippen LogP contribution in [0.3, 0.4) is 0 Å². The van der Waals surface area contributed by atoms with Crippen LogP contribution in [0.15, 0.2) is 47.4 Å². The van der Waals surface area contributed by atoms with Crippen molar-refractivity contribution in [3.8, 4) is 6.07 Å². The van der Waals surface area contributed by atoms with E-state index in [1.165, 1.54) is 25.4 Å². The molecule has 10 heteroatoms. The lowest BCUT2D eigenvalue weighted by Crippen LogP contribution is -2.39. The number of likely N-dealkylation sites (tertiary alicyclic amines) is 1. The Morgan fingerprint density at radius 1 is 1.11 bits per heavy atom. The Labute approximate surface area is 204 Å². The van der Waals surface area contributed by atoms with Gasteiger partial charge in [-0.3, -0.25) is 9.59 Å². The summed E-state index contributed by atoms with van der Waals surface area (Å²) < 4.78 is 43.0. The lowest BCUT2D eigenvalue weighted by Gasteiger charge is -2.33. The first-order valence-electron chi connectivity index (χ1n) is 10.8. The first kappa shape index (κ1) is 24.4. The minimum atomic E-state index is -0.966. The molecule has 0 radical (unpaired) electrons. The summed E-state index contributed by atoms with van der Waals surface area (Å²) in [5, 5.41) is 11.1. The lowest BCUT2D eigenvalue weighted by molar-refractivity contribution is 0.0713. The number of carbonyl (C=O) groups is 1. The van der Waals surface area contributed by atoms with Crippen LogP contribution in [0.5, 0.6) is 0 Å². The van der Waals surface area contributed by atoms with Crippen molar-refractivity contribution in [1.82, 2.24) is 9.47 Å². The number of nitriles is 1. The predicted octanol–water partition coefficient (Wildman–Crippen LogP) is 5.09. The van der Waals surface area contributed by atoms with E-state index in [1.807, 2.05) is 0 Å². The summed E-state index contributed by atoms with van der Waals surface area (Å²) in [6.07, 6.45) is 2.59. The third-order valence-electron chi connectivity index (χ3n) is 6.11. The summed E-state index contributed by atoms with van der Waals surface area (Å²) in [6, 6.07) is 9.31. The van der Waals surface area contributed by atoms with E-state index in [1.54, 1.807) is 23.1 Å². The van der Waals surface area contributed by atoms with Gasteiger partial charge in [0.15, 0.2) is 0 Å². The second-order valence-electron chi connectivity index (χ2n) is 8.31. The summed E-state index contributed by atoms with van der Waals surface area (Å²) in [5.41, 5.74) is -0.631. The maximum absolute atomic E-state index is 14.5. The largest absolute Gasteiger partial charge is 0.351 e. The number of nitrogens with zero attached hydrogens (tertiary/aromatic N) is 3. The van der Waals surface area contributed by atoms with Crippen molar-refractivity contribution in [2.45, 2.75) is 18.8 Å². The van der Waals surface area contributed by atoms with Crippen molar-refractivity contribution >= 4 is 28.9 Å². The number of anilines is 2. The van der Waals surface area contributed by atoms with Gasteiger partial charge in [-0.25, -0.2) is 13.2 Å². The molecule has 1 amide bonds. The fourth-order valence-corrected chi connectivity index (χ4v) is 4.45. The smallest absolute Gasteiger partial charge is 0.271 e. The first-order chi connectivity index (χ1) is 16.7. The zero-order chi connectivity index (χ0) is 25.3. The van der Waals surface area contributed by atoms with E-state index < -0.39 is 28.7 Å². The molecule has 4 rings (SSSR count). The molecular formula is C25H20ClF3N4O2. The fourth-order valence-electron chi connectivity index (χ4n) is 4.17. The van der Waals surface area contributed by atoms with Crippen LogP contribution in [0.25, 0.3) is 0 Å². The van der Waals surface area contributed by atoms with Gasteiger partial charge in [0.1, 0.15) is 28.5 Å². The zero-order valence-electron chi connectivity index (χ0n) is 18.6. The minimum Gasteiger partial charge on any atom is -0.351 e. The number of aromatic nitrogens is 1. The molecule has 0 saturated carbocycles. The second kappa shape index (κ2) is 9.84. The molecule has 2 heterocycles. The van der Waals surface area contributed by atoms with E-state index in [-0.39, 0.29) is 33.7 Å². The van der Waals surface area contributed by atoms with Crippen molar-refractivity contribution in [2.75, 3.05) is 18.4 Å². The Bertz CT molecular complexity index is 1390. The molecule has 0 bridgehead atoms. The zero-order valence-corrected chi connectivity index (χ0v) is 19.4. The molecule has 0 unspecified atom stereocenters. The van der Waals surface area contributed by atoms with Crippen molar-refractivity contribution < 1.29 is 18.0 Å². The van der Waals surface area contributed by atoms with Gasteiger partial charge in [-0.2, -0.15) is 5.26 Å². The summed E-state index contributed by atoms with van der Waals surface area (Å²) in [7, 11) is 1.43. The molecule has 1 fully saturated rings. The van der Waals surface area contributed by atoms with Gasteiger partial charge in [-0.05, 0) is 42.5 Å². The van der Waals surface area contributed by atoms with Gasteiger partial charge in [0.05, 0.1) is 22.5 Å². The number of nitrogens with one attached hydrogen (secondary N) is 1. The molecule has 0 aliphatic carbocycles. The Balaban J connectivity index is 1.62. The number of piperidine rings is 1. The standard InChI is InChI=1S/C25H20ClF3N4O2/c1-32-13-18(24(34)33-8-6-15(7-9-33)14-2-4-17(27)5-3-14)23(22(26)25(32)35)31-21-11-19(28)16(12-30)10-20(21)29/h2-5,10-11,13,15,31H,6-9H2,1H3. The van der Waals surface area contributed by atoms with Crippen molar-refractivity contribution in [3.05, 3.63) is 92.1 Å². The number of amides is 1. The van der Waals surface area contributed by atoms with Crippen molar-refractivity contribution in [1.29, 1.82) is 5.26 Å². The van der Waals surface area contributed by atoms with Gasteiger partial charge < -0.3 is 14.8 Å². The normalized spacial score (nSPS) is 14.0. The molecule has 3 aromatic rings. The molecule has 6 nitrogen and oxygen atoms in total. The van der Waals surface area contributed by atoms with Gasteiger partial charge in [0.2, 0.25) is 0 Å². The summed E-state index contributed by atoms with van der Waals surface area (Å²) in [6.45, 7) is 0.807. The molecule has 1 saturated heterocycles. The number of pyridine rings is 1. The van der Waals surface area contributed by atoms with Crippen LogP contribution in [-0.4, -0.2) is 28.5 Å². The van der Waals surface area contributed by atoms with Crippen molar-refractivity contribution in [3.63, 3.8) is 0 Å². The highest BCUT2D eigenvalue weighted by molar-refractivity contribution is 6.34. The number of hydrogen-bond donors (Lipinski definition) is 1. The van der Waals surface area contributed by atoms with Crippen LogP contribution >= 0.6 is 11.6 Å². The summed E-state index contributed by atoms with van der Waals surface area (Å²) >= 11 is 6.24. The Kier molecular flexibility index (Phi) is 6.85. The molecule has 0 spiro atoms. The molecule has 0 atom stereocenters. The van der Waals surface area contributed by atoms with E-state index in [0.29, 0.717) is 32.0 Å². The van der Waals surface area contributed by atoms with Crippen LogP contribution in [0, 0.1) is 28.8 Å². The quantitative estimate of drug-likeness (QED) is 0.541. The average molecular weight is 501 g/mol. The molecule has 180 valence electrons. The summed E-state index contributed by atoms with van der Waals surface area (Å²) in [4.78, 5) is 27.4. The van der Waals surface area contributed by atoms with Gasteiger partial charge in [0.25, 0.3) is 11.5 Å². The number of rotatable bonds is 4. The number of halogens is 4. The maximum atomic E-state index is 14.5. The fraction of sp³-hybridized carbons (Fsp3) is 0.240. The Hall–Kier alpha value is -3.77. The van der Waals surface area contributed by atoms with E-state index in [2.05, 4.69) is 5.32 Å². The van der Waals surface area contributed by atoms with Crippen LogP contribution in [0.2, 0.25) is 5.02 Å². The SMILES string of the molecule is Cn1cc(C(=O)N2CCC(c3ccc(F)cc3)CC2)c(Nc2cc(F)c(C#N)cc2F)c(Cl)c1=O. The van der Waals surface area contributed by atoms with Crippen LogP contribution < -0.4 is 10.9 Å². The molecule has 1 N–H and O–H groups in total. The topological polar surface area (TPSA) is 78.1 Å². The second-order valence-corrected chi connectivity index (χ2v) is 8.69. The molecule has 35 heavy (non-hydrogen) atoms. The maximum Gasteiger partial charge on any atom is 0.271 e. The number of aryl methyl sites for hydroxylation is 1. The average Bonchev–Trinajstić information content (AvgIpc) is 2.86. The predicted molar refractivity (Wildman–Crippen MR) is 125 cm³/mol. The van der Waals surface area contributed by atoms with Gasteiger partial charge in [-0.1, -0.05) is 23.7 Å². The molecule has 1 aliphatic heterocycles. The minimum absolute atomic E-state index is 0.0153. The lowest BCUT2D eigenvalue weighted by atomic mass is 9.89. The van der Waals surface area contributed by atoms with Gasteiger partial charge in [0, 0.05) is 32.4 Å². The van der Waals surface area contributed by atoms with Crippen LogP contribution in [0.4, 0.5) is 24.5 Å². The number of hydrogen-bond acceptors (Lipinski definition) is 4. The monoisotopic (exact) mass is 500 g/mol. The molecular weight excluding hydrogens is 481 g/mol. The highest BCUT2D eigenvalue weighted by Crippen LogP contribution is 2.33. The number of carbonyl (C=O) groups excluding carboxylic acids is 1. The van der Waals surface area contributed by atoms with Crippen molar-refractivity contribution in [2.24, 2.45) is 7.05 Å². The van der Waals surface area contributed by atoms with Gasteiger partial charge >= 0.3 is 0 Å². The third kappa shape index (κ3) is 4.88. The molecule has 1 aliphatic rings. The first-order valence-corrected chi connectivity index (χ1v) is 11.2. The number of benzene rings is 2. The van der Waals surface area contributed by atoms with Crippen LogP contribution in [0.1, 0.15) is 40.2 Å². The highest BCUT2D eigenvalue weighted by Gasteiger charge is 2.28. The third-order valence-corrected chi connectivity index (χ3v) is 6.46. The molecule has 2 aromatic carbocycles. The van der Waals surface area contributed by atoms with Gasteiger partial charge in [-0.15, -0.1) is 0 Å². The van der Waals surface area contributed by atoms with E-state index >= 15 is 0 Å². The van der Waals surface area contributed by atoms with E-state index in [9.17, 15) is 22.8 Å². The molecule has 1 aromatic heterocycles. The Morgan fingerprint density at radius 2 is 1.77 bits per heavy atom. The van der Waals surface area contributed by atoms with E-state index in [4.69, 9.17) is 16.9 Å². The van der Waals surface area contributed by atoms with E-state index in [0.717, 1.165) is 16.2 Å². The summed E-state index contributed by atoms with van der Waals surface area (Å²) in [5.74, 6) is -2.49. The Morgan fingerprint density at radius 3 is 2.40 bits per heavy atom.